The fourth-order valence-electron chi connectivity index (χ4n) is 4.16. The van der Waals surface area contributed by atoms with E-state index in [0.29, 0.717) is 42.5 Å². The number of amidine groups is 1. The van der Waals surface area contributed by atoms with Crippen LogP contribution in [0.1, 0.15) is 51.9 Å². The number of aliphatic imine (C=N–C) groups is 1. The minimum absolute atomic E-state index is 0.0513. The van der Waals surface area contributed by atoms with Gasteiger partial charge in [0.25, 0.3) is 5.91 Å². The molecule has 2 aliphatic rings. The number of hydrogen-bond donors (Lipinski definition) is 3. The Morgan fingerprint density at radius 1 is 1.34 bits per heavy atom. The molecule has 1 heterocycles. The second-order valence-corrected chi connectivity index (χ2v) is 9.13. The van der Waals surface area contributed by atoms with E-state index in [1.165, 1.54) is 38.2 Å². The maximum absolute atomic E-state index is 12.3. The monoisotopic (exact) mass is 504 g/mol. The Labute approximate surface area is 212 Å². The molecule has 1 saturated carbocycles. The predicted molar refractivity (Wildman–Crippen MR) is 139 cm³/mol. The number of nitrogens with one attached hydrogen (secondary N) is 1. The van der Waals surface area contributed by atoms with Gasteiger partial charge in [0.15, 0.2) is 0 Å². The smallest absolute Gasteiger partial charge is 0.250 e. The van der Waals surface area contributed by atoms with Crippen LogP contribution < -0.4 is 15.8 Å². The first-order valence-electron chi connectivity index (χ1n) is 12.2. The number of carbonyl (C=O) groups excluding carboxylic acids is 2. The van der Waals surface area contributed by atoms with Crippen LogP contribution in [0, 0.1) is 5.92 Å². The van der Waals surface area contributed by atoms with Gasteiger partial charge < -0.3 is 25.8 Å². The molecule has 4 N–H and O–H groups in total. The standard InChI is InChI=1S/C19H24ClNO2.C7H13N3O2/c1-14(11-15-7-3-2-4-8-15)21-13-16(12-19(21)22)23-18-10-6-5-9-17(18)20;8-7(10-6-12)2-4-9-3-1-5-11/h5-6,9-10,12,14-15H,2-4,7-8,11,13H2,1H3;2,4,6,9,11H,1,3,5H2,(H2,8,10,12)/b;4-2-. The molecule has 0 aromatic heterocycles. The van der Waals surface area contributed by atoms with Crippen molar-refractivity contribution in [2.75, 3.05) is 19.7 Å². The van der Waals surface area contributed by atoms with E-state index in [9.17, 15) is 9.59 Å². The van der Waals surface area contributed by atoms with Crippen LogP contribution >= 0.6 is 11.6 Å². The van der Waals surface area contributed by atoms with Gasteiger partial charge in [-0.2, -0.15) is 4.99 Å². The van der Waals surface area contributed by atoms with Gasteiger partial charge in [-0.25, -0.2) is 0 Å². The number of amides is 2. The molecule has 1 aromatic rings. The van der Waals surface area contributed by atoms with Gasteiger partial charge in [-0.1, -0.05) is 55.8 Å². The molecule has 9 heteroatoms. The second kappa shape index (κ2) is 15.9. The van der Waals surface area contributed by atoms with Crippen LogP contribution in [-0.4, -0.2) is 53.9 Å². The summed E-state index contributed by atoms with van der Waals surface area (Å²) in [5.74, 6) is 2.26. The van der Waals surface area contributed by atoms with E-state index in [1.54, 1.807) is 18.3 Å². The van der Waals surface area contributed by atoms with Crippen molar-refractivity contribution in [1.82, 2.24) is 10.2 Å². The first-order chi connectivity index (χ1) is 16.9. The molecule has 1 atom stereocenters. The van der Waals surface area contributed by atoms with E-state index >= 15 is 0 Å². The van der Waals surface area contributed by atoms with Crippen molar-refractivity contribution >= 4 is 29.8 Å². The summed E-state index contributed by atoms with van der Waals surface area (Å²) in [6.45, 7) is 3.51. The Kier molecular flexibility index (Phi) is 12.9. The number of nitrogens with zero attached hydrogens (tertiary/aromatic N) is 2. The lowest BCUT2D eigenvalue weighted by Gasteiger charge is -2.30. The van der Waals surface area contributed by atoms with Gasteiger partial charge in [0.2, 0.25) is 6.41 Å². The highest BCUT2D eigenvalue weighted by Crippen LogP contribution is 2.31. The van der Waals surface area contributed by atoms with Gasteiger partial charge in [0, 0.05) is 31.5 Å². The number of aliphatic hydroxyl groups is 1. The maximum Gasteiger partial charge on any atom is 0.250 e. The van der Waals surface area contributed by atoms with Gasteiger partial charge >= 0.3 is 0 Å². The molecule has 0 saturated heterocycles. The van der Waals surface area contributed by atoms with Crippen molar-refractivity contribution in [2.24, 2.45) is 16.6 Å². The molecular formula is C26H37ClN4O4. The van der Waals surface area contributed by atoms with E-state index in [-0.39, 0.29) is 24.4 Å². The Balaban J connectivity index is 0.000000307. The zero-order chi connectivity index (χ0) is 25.5. The van der Waals surface area contributed by atoms with E-state index < -0.39 is 0 Å². The highest BCUT2D eigenvalue weighted by atomic mass is 35.5. The van der Waals surface area contributed by atoms with Crippen molar-refractivity contribution < 1.29 is 19.4 Å². The van der Waals surface area contributed by atoms with E-state index in [1.807, 2.05) is 23.1 Å². The van der Waals surface area contributed by atoms with Gasteiger partial charge in [0.05, 0.1) is 11.6 Å². The number of aliphatic hydroxyl groups excluding tert-OH is 1. The normalized spacial score (nSPS) is 17.6. The Morgan fingerprint density at radius 2 is 2.09 bits per heavy atom. The average molecular weight is 505 g/mol. The summed E-state index contributed by atoms with van der Waals surface area (Å²) >= 11 is 6.12. The molecule has 0 bridgehead atoms. The second-order valence-electron chi connectivity index (χ2n) is 8.72. The zero-order valence-corrected chi connectivity index (χ0v) is 21.1. The number of carbonyl (C=O) groups is 2. The van der Waals surface area contributed by atoms with Crippen LogP contribution in [0.5, 0.6) is 5.75 Å². The van der Waals surface area contributed by atoms with Crippen molar-refractivity contribution in [1.29, 1.82) is 0 Å². The first kappa shape index (κ1) is 28.4. The lowest BCUT2D eigenvalue weighted by atomic mass is 9.85. The number of halogens is 1. The summed E-state index contributed by atoms with van der Waals surface area (Å²) in [5, 5.41) is 11.8. The lowest BCUT2D eigenvalue weighted by molar-refractivity contribution is -0.126. The summed E-state index contributed by atoms with van der Waals surface area (Å²) in [5.41, 5.74) is 5.24. The van der Waals surface area contributed by atoms with Crippen molar-refractivity contribution in [2.45, 2.75) is 57.9 Å². The molecular weight excluding hydrogens is 468 g/mol. The molecule has 1 aliphatic carbocycles. The van der Waals surface area contributed by atoms with E-state index in [0.717, 1.165) is 12.3 Å². The molecule has 1 fully saturated rings. The minimum atomic E-state index is 0.0513. The van der Waals surface area contributed by atoms with Crippen LogP contribution in [0.3, 0.4) is 0 Å². The number of para-hydroxylation sites is 1. The number of ether oxygens (including phenoxy) is 1. The molecule has 3 rings (SSSR count). The number of nitrogens with two attached hydrogens (primary N) is 1. The molecule has 0 spiro atoms. The Morgan fingerprint density at radius 3 is 2.77 bits per heavy atom. The summed E-state index contributed by atoms with van der Waals surface area (Å²) in [7, 11) is 0. The van der Waals surface area contributed by atoms with Crippen LogP contribution in [0.4, 0.5) is 0 Å². The van der Waals surface area contributed by atoms with Crippen LogP contribution in [-0.2, 0) is 9.59 Å². The fourth-order valence-corrected chi connectivity index (χ4v) is 4.34. The van der Waals surface area contributed by atoms with Crippen molar-refractivity contribution in [3.05, 3.63) is 53.4 Å². The van der Waals surface area contributed by atoms with Gasteiger partial charge in [-0.3, -0.25) is 9.59 Å². The highest BCUT2D eigenvalue weighted by molar-refractivity contribution is 6.32. The zero-order valence-electron chi connectivity index (χ0n) is 20.4. The van der Waals surface area contributed by atoms with E-state index in [2.05, 4.69) is 17.2 Å². The van der Waals surface area contributed by atoms with Crippen LogP contribution in [0.15, 0.2) is 53.4 Å². The SMILES string of the molecule is CC(CC1CCCCC1)N1CC(Oc2ccccc2Cl)=CC1=O.NC(/C=C\NCCCO)=NC=O. The summed E-state index contributed by atoms with van der Waals surface area (Å²) < 4.78 is 5.81. The van der Waals surface area contributed by atoms with Gasteiger partial charge in [-0.05, 0) is 43.9 Å². The third kappa shape index (κ3) is 10.5. The number of rotatable bonds is 11. The highest BCUT2D eigenvalue weighted by Gasteiger charge is 2.29. The third-order valence-electron chi connectivity index (χ3n) is 5.96. The molecule has 2 amide bonds. The molecule has 192 valence electrons. The molecule has 1 aliphatic heterocycles. The molecule has 35 heavy (non-hydrogen) atoms. The summed E-state index contributed by atoms with van der Waals surface area (Å²) in [6.07, 6.45) is 13.5. The Hall–Kier alpha value is -2.84. The molecule has 1 unspecified atom stereocenters. The maximum atomic E-state index is 12.3. The summed E-state index contributed by atoms with van der Waals surface area (Å²) in [4.78, 5) is 27.3. The van der Waals surface area contributed by atoms with Gasteiger partial charge in [-0.15, -0.1) is 0 Å². The van der Waals surface area contributed by atoms with Crippen LogP contribution in [0.2, 0.25) is 5.02 Å². The predicted octanol–water partition coefficient (Wildman–Crippen LogP) is 3.79. The Bertz CT molecular complexity index is 897. The van der Waals surface area contributed by atoms with E-state index in [4.69, 9.17) is 27.2 Å². The van der Waals surface area contributed by atoms with Gasteiger partial charge in [0.1, 0.15) is 17.3 Å². The molecule has 1 aromatic carbocycles. The largest absolute Gasteiger partial charge is 0.458 e. The first-order valence-corrected chi connectivity index (χ1v) is 12.5. The van der Waals surface area contributed by atoms with Crippen molar-refractivity contribution in [3.8, 4) is 5.75 Å². The third-order valence-corrected chi connectivity index (χ3v) is 6.27. The average Bonchev–Trinajstić information content (AvgIpc) is 3.22. The quantitative estimate of drug-likeness (QED) is 0.183. The molecule has 8 nitrogen and oxygen atoms in total. The summed E-state index contributed by atoms with van der Waals surface area (Å²) in [6, 6.07) is 7.61. The van der Waals surface area contributed by atoms with Crippen LogP contribution in [0.25, 0.3) is 0 Å². The van der Waals surface area contributed by atoms with Crippen molar-refractivity contribution in [3.63, 3.8) is 0 Å². The lowest BCUT2D eigenvalue weighted by Crippen LogP contribution is -2.36. The number of benzene rings is 1. The minimum Gasteiger partial charge on any atom is -0.458 e. The fraction of sp³-hybridized carbons (Fsp3) is 0.500. The number of hydrogen-bond acceptors (Lipinski definition) is 5. The molecule has 0 radical (unpaired) electrons. The topological polar surface area (TPSA) is 117 Å².